The third-order valence-electron chi connectivity index (χ3n) is 7.35. The van der Waals surface area contributed by atoms with Gasteiger partial charge in [-0.3, -0.25) is 0 Å². The number of nitrogens with zero attached hydrogens (tertiary/aromatic N) is 2. The van der Waals surface area contributed by atoms with E-state index in [9.17, 15) is 0 Å². The SMILES string of the molecule is CC.CCC(CC)(Nc1ccc(-c2ccccc2)cn1)c1ccccc1N(C1=CCCC=C1)c1ccccc1. The van der Waals surface area contributed by atoms with Crippen LogP contribution in [-0.4, -0.2) is 4.98 Å². The van der Waals surface area contributed by atoms with Crippen LogP contribution in [0.25, 0.3) is 11.1 Å². The Kier molecular flexibility index (Phi) is 9.74. The zero-order valence-corrected chi connectivity index (χ0v) is 23.8. The first-order chi connectivity index (χ1) is 19.2. The van der Waals surface area contributed by atoms with E-state index >= 15 is 0 Å². The third-order valence-corrected chi connectivity index (χ3v) is 7.35. The maximum Gasteiger partial charge on any atom is 0.126 e. The highest BCUT2D eigenvalue weighted by atomic mass is 15.2. The fraction of sp³-hybridized carbons (Fsp3) is 0.250. The van der Waals surface area contributed by atoms with Gasteiger partial charge in [-0.2, -0.15) is 0 Å². The quantitative estimate of drug-likeness (QED) is 0.240. The molecule has 0 spiro atoms. The number of rotatable bonds is 9. The highest BCUT2D eigenvalue weighted by Crippen LogP contribution is 2.42. The summed E-state index contributed by atoms with van der Waals surface area (Å²) in [5.74, 6) is 0.890. The Balaban J connectivity index is 0.00000172. The van der Waals surface area contributed by atoms with Crippen molar-refractivity contribution in [1.29, 1.82) is 0 Å². The van der Waals surface area contributed by atoms with Gasteiger partial charge in [-0.15, -0.1) is 0 Å². The van der Waals surface area contributed by atoms with E-state index in [-0.39, 0.29) is 5.54 Å². The van der Waals surface area contributed by atoms with Gasteiger partial charge in [0.25, 0.3) is 0 Å². The number of hydrogen-bond acceptors (Lipinski definition) is 3. The predicted octanol–water partition coefficient (Wildman–Crippen LogP) is 10.3. The molecule has 3 aromatic carbocycles. The van der Waals surface area contributed by atoms with Crippen molar-refractivity contribution < 1.29 is 0 Å². The van der Waals surface area contributed by atoms with Crippen LogP contribution in [0.1, 0.15) is 58.9 Å². The lowest BCUT2D eigenvalue weighted by atomic mass is 9.83. The van der Waals surface area contributed by atoms with E-state index in [4.69, 9.17) is 4.98 Å². The van der Waals surface area contributed by atoms with Crippen molar-refractivity contribution >= 4 is 17.2 Å². The Morgan fingerprint density at radius 3 is 2.03 bits per heavy atom. The molecule has 5 rings (SSSR count). The molecule has 0 saturated carbocycles. The highest BCUT2D eigenvalue weighted by Gasteiger charge is 2.33. The Labute approximate surface area is 234 Å². The van der Waals surface area contributed by atoms with Crippen molar-refractivity contribution in [2.45, 2.75) is 58.9 Å². The molecule has 0 radical (unpaired) electrons. The van der Waals surface area contributed by atoms with Crippen molar-refractivity contribution in [1.82, 2.24) is 4.98 Å². The Morgan fingerprint density at radius 1 is 0.744 bits per heavy atom. The maximum absolute atomic E-state index is 4.84. The maximum atomic E-state index is 4.84. The molecule has 3 heteroatoms. The van der Waals surface area contributed by atoms with Crippen LogP contribution in [0, 0.1) is 0 Å². The summed E-state index contributed by atoms with van der Waals surface area (Å²) in [5, 5.41) is 3.86. The molecule has 0 unspecified atom stereocenters. The molecule has 0 aliphatic heterocycles. The van der Waals surface area contributed by atoms with Crippen LogP contribution in [0.2, 0.25) is 0 Å². The standard InChI is InChI=1S/C34H35N3.C2H6/c1-3-34(4-2,36-33-25-24-28(26-35-33)27-16-8-5-9-17-27)31-22-14-15-23-32(31)37(29-18-10-6-11-19-29)30-20-12-7-13-21-30;1-2/h5-6,8-12,14-26H,3-4,7,13H2,1-2H3,(H,35,36);1-2H3. The van der Waals surface area contributed by atoms with E-state index in [1.54, 1.807) is 0 Å². The van der Waals surface area contributed by atoms with Crippen LogP contribution in [0.5, 0.6) is 0 Å². The lowest BCUT2D eigenvalue weighted by molar-refractivity contribution is 0.453. The molecular weight excluding hydrogens is 474 g/mol. The van der Waals surface area contributed by atoms with Crippen LogP contribution in [-0.2, 0) is 5.54 Å². The van der Waals surface area contributed by atoms with Gasteiger partial charge >= 0.3 is 0 Å². The summed E-state index contributed by atoms with van der Waals surface area (Å²) in [7, 11) is 0. The molecule has 1 aromatic heterocycles. The second-order valence-electron chi connectivity index (χ2n) is 9.51. The molecular formula is C36H41N3. The summed E-state index contributed by atoms with van der Waals surface area (Å²) in [5.41, 5.74) is 6.88. The van der Waals surface area contributed by atoms with E-state index in [1.165, 1.54) is 28.2 Å². The minimum atomic E-state index is -0.274. The highest BCUT2D eigenvalue weighted by molar-refractivity contribution is 5.74. The molecule has 0 fully saturated rings. The van der Waals surface area contributed by atoms with Gasteiger partial charge in [0.1, 0.15) is 5.82 Å². The van der Waals surface area contributed by atoms with Gasteiger partial charge in [0.05, 0.1) is 11.2 Å². The average molecular weight is 516 g/mol. The topological polar surface area (TPSA) is 28.2 Å². The summed E-state index contributed by atoms with van der Waals surface area (Å²) < 4.78 is 0. The molecule has 0 saturated heterocycles. The van der Waals surface area contributed by atoms with Crippen molar-refractivity contribution in [2.75, 3.05) is 10.2 Å². The second kappa shape index (κ2) is 13.6. The minimum Gasteiger partial charge on any atom is -0.361 e. The summed E-state index contributed by atoms with van der Waals surface area (Å²) in [6.07, 6.45) is 12.9. The zero-order chi connectivity index (χ0) is 27.5. The van der Waals surface area contributed by atoms with E-state index in [0.717, 1.165) is 37.1 Å². The largest absolute Gasteiger partial charge is 0.361 e. The fourth-order valence-electron chi connectivity index (χ4n) is 5.23. The van der Waals surface area contributed by atoms with Crippen molar-refractivity contribution in [3.8, 4) is 11.1 Å². The van der Waals surface area contributed by atoms with Crippen molar-refractivity contribution in [3.05, 3.63) is 133 Å². The molecule has 200 valence electrons. The number of pyridine rings is 1. The first-order valence-corrected chi connectivity index (χ1v) is 14.3. The van der Waals surface area contributed by atoms with Gasteiger partial charge in [-0.25, -0.2) is 4.98 Å². The van der Waals surface area contributed by atoms with Gasteiger partial charge in [0.15, 0.2) is 0 Å². The number of para-hydroxylation sites is 2. The molecule has 3 nitrogen and oxygen atoms in total. The van der Waals surface area contributed by atoms with E-state index in [1.807, 2.05) is 26.1 Å². The van der Waals surface area contributed by atoms with Gasteiger partial charge in [0, 0.05) is 28.7 Å². The Bertz CT molecular complexity index is 1350. The van der Waals surface area contributed by atoms with Crippen LogP contribution in [0.3, 0.4) is 0 Å². The fourth-order valence-corrected chi connectivity index (χ4v) is 5.23. The van der Waals surface area contributed by atoms with E-state index in [0.29, 0.717) is 0 Å². The lowest BCUT2D eigenvalue weighted by Crippen LogP contribution is -2.36. The monoisotopic (exact) mass is 515 g/mol. The molecule has 1 N–H and O–H groups in total. The van der Waals surface area contributed by atoms with Gasteiger partial charge < -0.3 is 10.2 Å². The second-order valence-corrected chi connectivity index (χ2v) is 9.51. The molecule has 1 aliphatic rings. The molecule has 1 aliphatic carbocycles. The number of hydrogen-bond donors (Lipinski definition) is 1. The summed E-state index contributed by atoms with van der Waals surface area (Å²) in [6, 6.07) is 34.2. The van der Waals surface area contributed by atoms with Crippen LogP contribution in [0.15, 0.2) is 127 Å². The smallest absolute Gasteiger partial charge is 0.126 e. The van der Waals surface area contributed by atoms with E-state index in [2.05, 4.69) is 133 Å². The third kappa shape index (κ3) is 6.31. The number of benzene rings is 3. The zero-order valence-electron chi connectivity index (χ0n) is 23.8. The van der Waals surface area contributed by atoms with E-state index < -0.39 is 0 Å². The minimum absolute atomic E-state index is 0.274. The Hall–Kier alpha value is -4.11. The summed E-state index contributed by atoms with van der Waals surface area (Å²) in [4.78, 5) is 7.24. The average Bonchev–Trinajstić information content (AvgIpc) is 3.03. The number of allylic oxidation sites excluding steroid dienone is 3. The summed E-state index contributed by atoms with van der Waals surface area (Å²) >= 11 is 0. The van der Waals surface area contributed by atoms with Crippen LogP contribution < -0.4 is 10.2 Å². The Morgan fingerprint density at radius 2 is 1.41 bits per heavy atom. The van der Waals surface area contributed by atoms with Gasteiger partial charge in [-0.05, 0) is 67.7 Å². The molecule has 0 atom stereocenters. The molecule has 0 amide bonds. The lowest BCUT2D eigenvalue weighted by Gasteiger charge is -2.39. The summed E-state index contributed by atoms with van der Waals surface area (Å²) in [6.45, 7) is 8.52. The predicted molar refractivity (Wildman–Crippen MR) is 168 cm³/mol. The first kappa shape index (κ1) is 27.9. The molecule has 39 heavy (non-hydrogen) atoms. The molecule has 0 bridgehead atoms. The first-order valence-electron chi connectivity index (χ1n) is 14.3. The normalized spacial score (nSPS) is 12.7. The van der Waals surface area contributed by atoms with Crippen molar-refractivity contribution in [3.63, 3.8) is 0 Å². The van der Waals surface area contributed by atoms with Crippen molar-refractivity contribution in [2.24, 2.45) is 0 Å². The van der Waals surface area contributed by atoms with Crippen LogP contribution >= 0.6 is 0 Å². The number of nitrogens with one attached hydrogen (secondary N) is 1. The number of anilines is 3. The molecule has 1 heterocycles. The van der Waals surface area contributed by atoms with Crippen LogP contribution in [0.4, 0.5) is 17.2 Å². The molecule has 4 aromatic rings. The van der Waals surface area contributed by atoms with Gasteiger partial charge in [-0.1, -0.05) is 107 Å². The number of aromatic nitrogens is 1. The van der Waals surface area contributed by atoms with Gasteiger partial charge in [0.2, 0.25) is 0 Å².